The fourth-order valence-electron chi connectivity index (χ4n) is 2.51. The second-order valence-corrected chi connectivity index (χ2v) is 7.05. The predicted molar refractivity (Wildman–Crippen MR) is 95.0 cm³/mol. The molecule has 1 N–H and O–H groups in total. The molecule has 110 valence electrons. The maximum absolute atomic E-state index is 5.69. The number of thiocarbonyl (C=S) groups is 1. The topological polar surface area (TPSA) is 15.3 Å². The second kappa shape index (κ2) is 6.16. The third kappa shape index (κ3) is 3.44. The fourth-order valence-corrected chi connectivity index (χ4v) is 3.53. The summed E-state index contributed by atoms with van der Waals surface area (Å²) in [5, 5.41) is 6.45. The van der Waals surface area contributed by atoms with Crippen LogP contribution in [0.5, 0.6) is 0 Å². The highest BCUT2D eigenvalue weighted by molar-refractivity contribution is 7.80. The number of benzene rings is 1. The van der Waals surface area contributed by atoms with E-state index in [4.69, 9.17) is 12.2 Å². The van der Waals surface area contributed by atoms with E-state index < -0.39 is 0 Å². The summed E-state index contributed by atoms with van der Waals surface area (Å²) >= 11 is 7.48. The molecule has 2 nitrogen and oxygen atoms in total. The lowest BCUT2D eigenvalue weighted by atomic mass is 10.1. The van der Waals surface area contributed by atoms with Crippen molar-refractivity contribution >= 4 is 34.4 Å². The smallest absolute Gasteiger partial charge is 0.174 e. The van der Waals surface area contributed by atoms with Crippen LogP contribution in [0.4, 0.5) is 5.69 Å². The number of para-hydroxylation sites is 1. The van der Waals surface area contributed by atoms with Gasteiger partial charge in [0.2, 0.25) is 0 Å². The number of nitrogens with one attached hydrogen (secondary N) is 1. The Morgan fingerprint density at radius 1 is 1.24 bits per heavy atom. The van der Waals surface area contributed by atoms with Gasteiger partial charge in [-0.1, -0.05) is 24.3 Å². The van der Waals surface area contributed by atoms with Crippen molar-refractivity contribution in [3.63, 3.8) is 0 Å². The van der Waals surface area contributed by atoms with Crippen molar-refractivity contribution in [1.29, 1.82) is 0 Å². The highest BCUT2D eigenvalue weighted by atomic mass is 32.1. The number of nitrogens with zero attached hydrogens (tertiary/aromatic N) is 1. The number of thiophene rings is 1. The zero-order chi connectivity index (χ0) is 14.8. The molecule has 21 heavy (non-hydrogen) atoms. The fraction of sp³-hybridized carbons (Fsp3) is 0.353. The van der Waals surface area contributed by atoms with E-state index in [1.54, 1.807) is 11.3 Å². The normalized spacial score (nSPS) is 14.0. The quantitative estimate of drug-likeness (QED) is 0.821. The Morgan fingerprint density at radius 2 is 1.95 bits per heavy atom. The van der Waals surface area contributed by atoms with Crippen molar-refractivity contribution in [1.82, 2.24) is 4.90 Å². The minimum atomic E-state index is 0.608. The third-order valence-electron chi connectivity index (χ3n) is 3.87. The van der Waals surface area contributed by atoms with Gasteiger partial charge in [0.25, 0.3) is 0 Å². The Bertz CT molecular complexity index is 610. The van der Waals surface area contributed by atoms with E-state index >= 15 is 0 Å². The molecule has 1 saturated carbocycles. The van der Waals surface area contributed by atoms with Crippen LogP contribution in [0.3, 0.4) is 0 Å². The number of aryl methyl sites for hydroxylation is 2. The summed E-state index contributed by atoms with van der Waals surface area (Å²) < 4.78 is 0. The van der Waals surface area contributed by atoms with Gasteiger partial charge in [-0.15, -0.1) is 11.3 Å². The van der Waals surface area contributed by atoms with Gasteiger partial charge in [0, 0.05) is 16.6 Å². The second-order valence-electron chi connectivity index (χ2n) is 5.64. The monoisotopic (exact) mass is 316 g/mol. The molecule has 1 fully saturated rings. The first-order valence-corrected chi connectivity index (χ1v) is 8.60. The Hall–Kier alpha value is -1.39. The summed E-state index contributed by atoms with van der Waals surface area (Å²) in [6.07, 6.45) is 2.50. The average molecular weight is 316 g/mol. The molecule has 2 aromatic rings. The molecule has 1 aliphatic rings. The average Bonchev–Trinajstić information content (AvgIpc) is 3.17. The van der Waals surface area contributed by atoms with E-state index in [-0.39, 0.29) is 0 Å². The van der Waals surface area contributed by atoms with Crippen LogP contribution < -0.4 is 5.32 Å². The maximum Gasteiger partial charge on any atom is 0.174 e. The van der Waals surface area contributed by atoms with Crippen molar-refractivity contribution in [2.24, 2.45) is 0 Å². The number of rotatable bonds is 4. The molecule has 1 heterocycles. The summed E-state index contributed by atoms with van der Waals surface area (Å²) in [7, 11) is 0. The summed E-state index contributed by atoms with van der Waals surface area (Å²) in [5.41, 5.74) is 3.63. The van der Waals surface area contributed by atoms with Gasteiger partial charge in [0.1, 0.15) is 0 Å². The van der Waals surface area contributed by atoms with E-state index in [0.717, 1.165) is 17.3 Å². The van der Waals surface area contributed by atoms with Crippen LogP contribution in [-0.4, -0.2) is 16.1 Å². The van der Waals surface area contributed by atoms with Crippen LogP contribution in [0.25, 0.3) is 0 Å². The van der Waals surface area contributed by atoms with Gasteiger partial charge in [-0.2, -0.15) is 0 Å². The molecule has 0 bridgehead atoms. The number of anilines is 1. The molecular formula is C17H20N2S2. The van der Waals surface area contributed by atoms with Crippen molar-refractivity contribution < 1.29 is 0 Å². The van der Waals surface area contributed by atoms with Crippen LogP contribution in [0.2, 0.25) is 0 Å². The molecular weight excluding hydrogens is 296 g/mol. The maximum atomic E-state index is 5.69. The molecule has 4 heteroatoms. The molecule has 0 aliphatic heterocycles. The summed E-state index contributed by atoms with van der Waals surface area (Å²) in [6.45, 7) is 5.16. The molecule has 0 spiro atoms. The van der Waals surface area contributed by atoms with Gasteiger partial charge in [0.15, 0.2) is 5.11 Å². The van der Waals surface area contributed by atoms with Crippen LogP contribution in [0.15, 0.2) is 35.7 Å². The minimum Gasteiger partial charge on any atom is -0.341 e. The first-order chi connectivity index (χ1) is 10.1. The van der Waals surface area contributed by atoms with E-state index in [1.165, 1.54) is 28.8 Å². The van der Waals surface area contributed by atoms with Gasteiger partial charge in [-0.25, -0.2) is 0 Å². The third-order valence-corrected chi connectivity index (χ3v) is 5.07. The minimum absolute atomic E-state index is 0.608. The molecule has 1 aromatic carbocycles. The van der Waals surface area contributed by atoms with Gasteiger partial charge in [-0.05, 0) is 61.5 Å². The van der Waals surface area contributed by atoms with Crippen molar-refractivity contribution in [3.05, 3.63) is 51.7 Å². The molecule has 0 amide bonds. The lowest BCUT2D eigenvalue weighted by molar-refractivity contribution is 0.413. The van der Waals surface area contributed by atoms with Crippen LogP contribution in [0.1, 0.15) is 28.8 Å². The molecule has 0 saturated heterocycles. The van der Waals surface area contributed by atoms with E-state index in [1.807, 2.05) is 0 Å². The van der Waals surface area contributed by atoms with Crippen molar-refractivity contribution in [2.75, 3.05) is 5.32 Å². The van der Waals surface area contributed by atoms with Crippen LogP contribution in [-0.2, 0) is 6.54 Å². The molecule has 0 radical (unpaired) electrons. The molecule has 1 aromatic heterocycles. The number of hydrogen-bond donors (Lipinski definition) is 1. The Kier molecular flexibility index (Phi) is 4.27. The number of hydrogen-bond acceptors (Lipinski definition) is 2. The van der Waals surface area contributed by atoms with E-state index in [2.05, 4.69) is 59.8 Å². The molecule has 0 atom stereocenters. The highest BCUT2D eigenvalue weighted by Crippen LogP contribution is 2.30. The van der Waals surface area contributed by atoms with E-state index in [9.17, 15) is 0 Å². The Labute approximate surface area is 135 Å². The Balaban J connectivity index is 1.75. The van der Waals surface area contributed by atoms with Gasteiger partial charge in [0.05, 0.1) is 6.54 Å². The first kappa shape index (κ1) is 14.5. The van der Waals surface area contributed by atoms with Crippen molar-refractivity contribution in [3.8, 4) is 0 Å². The SMILES string of the molecule is Cc1cccc(C)c1NC(=S)N(Cc1cccs1)C1CC1. The predicted octanol–water partition coefficient (Wildman–Crippen LogP) is 4.73. The lowest BCUT2D eigenvalue weighted by Gasteiger charge is -2.26. The first-order valence-electron chi connectivity index (χ1n) is 7.31. The zero-order valence-electron chi connectivity index (χ0n) is 12.4. The zero-order valence-corrected chi connectivity index (χ0v) is 14.1. The largest absolute Gasteiger partial charge is 0.341 e. The van der Waals surface area contributed by atoms with Gasteiger partial charge in [-0.3, -0.25) is 0 Å². The molecule has 1 aliphatic carbocycles. The lowest BCUT2D eigenvalue weighted by Crippen LogP contribution is -2.36. The van der Waals surface area contributed by atoms with Crippen LogP contribution in [0, 0.1) is 13.8 Å². The van der Waals surface area contributed by atoms with Gasteiger partial charge < -0.3 is 10.2 Å². The summed E-state index contributed by atoms with van der Waals surface area (Å²) in [6, 6.07) is 11.2. The Morgan fingerprint density at radius 3 is 2.52 bits per heavy atom. The summed E-state index contributed by atoms with van der Waals surface area (Å²) in [4.78, 5) is 3.71. The van der Waals surface area contributed by atoms with Crippen LogP contribution >= 0.6 is 23.6 Å². The van der Waals surface area contributed by atoms with E-state index in [0.29, 0.717) is 6.04 Å². The van der Waals surface area contributed by atoms with Gasteiger partial charge >= 0.3 is 0 Å². The highest BCUT2D eigenvalue weighted by Gasteiger charge is 2.31. The standard InChI is InChI=1S/C17H20N2S2/c1-12-5-3-6-13(2)16(12)18-17(20)19(14-8-9-14)11-15-7-4-10-21-15/h3-7,10,14H,8-9,11H2,1-2H3,(H,18,20). The van der Waals surface area contributed by atoms with Crippen molar-refractivity contribution in [2.45, 2.75) is 39.3 Å². The molecule has 0 unspecified atom stereocenters. The summed E-state index contributed by atoms with van der Waals surface area (Å²) in [5.74, 6) is 0. The molecule has 3 rings (SSSR count).